The quantitative estimate of drug-likeness (QED) is 0.733. The predicted octanol–water partition coefficient (Wildman–Crippen LogP) is 2.22. The molecule has 0 bridgehead atoms. The molecule has 4 N–H and O–H groups in total. The molecule has 0 unspecified atom stereocenters. The van der Waals surface area contributed by atoms with Crippen LogP contribution < -0.4 is 11.1 Å². The first-order chi connectivity index (χ1) is 8.10. The van der Waals surface area contributed by atoms with E-state index in [1.165, 1.54) is 0 Å². The number of rotatable bonds is 2. The molecule has 0 spiro atoms. The van der Waals surface area contributed by atoms with Gasteiger partial charge in [-0.3, -0.25) is 0 Å². The fourth-order valence-electron chi connectivity index (χ4n) is 1.56. The van der Waals surface area contributed by atoms with Gasteiger partial charge < -0.3 is 16.0 Å². The number of aromatic amines is 1. The number of nitriles is 1. The molecule has 5 heteroatoms. The van der Waals surface area contributed by atoms with Crippen molar-refractivity contribution in [2.75, 3.05) is 11.1 Å². The highest BCUT2D eigenvalue weighted by Crippen LogP contribution is 2.24. The Morgan fingerprint density at radius 1 is 1.41 bits per heavy atom. The van der Waals surface area contributed by atoms with E-state index in [1.54, 1.807) is 12.1 Å². The number of H-pyrrole nitrogens is 1. The molecule has 1 aromatic carbocycles. The number of aryl methyl sites for hydroxylation is 2. The van der Waals surface area contributed by atoms with Gasteiger partial charge in [0, 0.05) is 5.69 Å². The maximum atomic E-state index is 8.85. The Morgan fingerprint density at radius 2 is 2.18 bits per heavy atom. The summed E-state index contributed by atoms with van der Waals surface area (Å²) in [6.45, 7) is 3.79. The number of imidazole rings is 1. The van der Waals surface area contributed by atoms with E-state index in [-0.39, 0.29) is 0 Å². The smallest absolute Gasteiger partial charge is 0.173 e. The Balaban J connectivity index is 2.36. The first kappa shape index (κ1) is 11.0. The van der Waals surface area contributed by atoms with Crippen molar-refractivity contribution in [1.29, 1.82) is 5.26 Å². The topological polar surface area (TPSA) is 90.5 Å². The second-order valence-electron chi connectivity index (χ2n) is 3.85. The van der Waals surface area contributed by atoms with Gasteiger partial charge in [-0.25, -0.2) is 4.98 Å². The third kappa shape index (κ3) is 2.21. The van der Waals surface area contributed by atoms with E-state index in [0.717, 1.165) is 17.1 Å². The summed E-state index contributed by atoms with van der Waals surface area (Å²) in [4.78, 5) is 7.14. The highest BCUT2D eigenvalue weighted by atomic mass is 15.1. The molecule has 0 fully saturated rings. The van der Waals surface area contributed by atoms with Crippen molar-refractivity contribution in [2.45, 2.75) is 13.8 Å². The zero-order valence-corrected chi connectivity index (χ0v) is 9.70. The number of hydrogen-bond acceptors (Lipinski definition) is 4. The molecule has 1 aromatic heterocycles. The minimum Gasteiger partial charge on any atom is -0.382 e. The van der Waals surface area contributed by atoms with Crippen LogP contribution in [0.25, 0.3) is 0 Å². The molecule has 2 aromatic rings. The van der Waals surface area contributed by atoms with E-state index in [2.05, 4.69) is 21.4 Å². The maximum absolute atomic E-state index is 8.85. The monoisotopic (exact) mass is 227 g/mol. The molecule has 0 aliphatic carbocycles. The largest absolute Gasteiger partial charge is 0.382 e. The molecule has 0 aliphatic rings. The van der Waals surface area contributed by atoms with Crippen molar-refractivity contribution in [3.05, 3.63) is 35.2 Å². The summed E-state index contributed by atoms with van der Waals surface area (Å²) >= 11 is 0. The maximum Gasteiger partial charge on any atom is 0.173 e. The third-order valence-corrected chi connectivity index (χ3v) is 2.47. The number of anilines is 3. The van der Waals surface area contributed by atoms with Gasteiger partial charge in [0.05, 0.1) is 11.6 Å². The van der Waals surface area contributed by atoms with Crippen LogP contribution in [-0.4, -0.2) is 9.97 Å². The summed E-state index contributed by atoms with van der Waals surface area (Å²) in [5.74, 6) is 1.82. The summed E-state index contributed by atoms with van der Waals surface area (Å²) in [5.41, 5.74) is 8.23. The molecule has 0 aliphatic heterocycles. The highest BCUT2D eigenvalue weighted by molar-refractivity contribution is 5.69. The number of hydrogen-bond donors (Lipinski definition) is 3. The van der Waals surface area contributed by atoms with Crippen molar-refractivity contribution >= 4 is 17.3 Å². The zero-order valence-electron chi connectivity index (χ0n) is 9.70. The highest BCUT2D eigenvalue weighted by Gasteiger charge is 2.07. The predicted molar refractivity (Wildman–Crippen MR) is 66.9 cm³/mol. The summed E-state index contributed by atoms with van der Waals surface area (Å²) in [6.07, 6.45) is 0. The molecule has 0 atom stereocenters. The lowest BCUT2D eigenvalue weighted by atomic mass is 10.1. The van der Waals surface area contributed by atoms with Gasteiger partial charge in [-0.05, 0) is 31.5 Å². The Hall–Kier alpha value is -2.48. The average Bonchev–Trinajstić information content (AvgIpc) is 2.60. The molecule has 1 heterocycles. The van der Waals surface area contributed by atoms with Gasteiger partial charge in [0.2, 0.25) is 0 Å². The van der Waals surface area contributed by atoms with Crippen LogP contribution in [0.5, 0.6) is 0 Å². The molecular weight excluding hydrogens is 214 g/mol. The first-order valence-electron chi connectivity index (χ1n) is 5.20. The number of nitrogens with two attached hydrogens (primary N) is 1. The second kappa shape index (κ2) is 4.18. The van der Waals surface area contributed by atoms with Gasteiger partial charge in [0.15, 0.2) is 5.82 Å². The normalized spacial score (nSPS) is 9.94. The first-order valence-corrected chi connectivity index (χ1v) is 5.20. The van der Waals surface area contributed by atoms with Crippen LogP contribution in [-0.2, 0) is 0 Å². The van der Waals surface area contributed by atoms with Gasteiger partial charge in [-0.2, -0.15) is 5.26 Å². The van der Waals surface area contributed by atoms with Crippen LogP contribution in [0.4, 0.5) is 17.3 Å². The molecule has 0 saturated carbocycles. The molecule has 17 heavy (non-hydrogen) atoms. The van der Waals surface area contributed by atoms with E-state index >= 15 is 0 Å². The van der Waals surface area contributed by atoms with E-state index in [4.69, 9.17) is 11.0 Å². The minimum atomic E-state index is 0.490. The van der Waals surface area contributed by atoms with E-state index in [0.29, 0.717) is 17.2 Å². The summed E-state index contributed by atoms with van der Waals surface area (Å²) < 4.78 is 0. The van der Waals surface area contributed by atoms with Gasteiger partial charge in [-0.1, -0.05) is 6.07 Å². The minimum absolute atomic E-state index is 0.490. The number of nitrogens with zero attached hydrogens (tertiary/aromatic N) is 2. The third-order valence-electron chi connectivity index (χ3n) is 2.47. The van der Waals surface area contributed by atoms with Gasteiger partial charge in [-0.15, -0.1) is 0 Å². The van der Waals surface area contributed by atoms with E-state index in [9.17, 15) is 0 Å². The van der Waals surface area contributed by atoms with Gasteiger partial charge in [0.25, 0.3) is 0 Å². The van der Waals surface area contributed by atoms with Crippen molar-refractivity contribution in [1.82, 2.24) is 9.97 Å². The standard InChI is InChI=1S/C12H13N5/c1-7-3-4-9(6-13)5-10(7)17-12-11(14)15-8(2)16-12/h3-5,17H,14H2,1-2H3,(H,15,16). The Bertz CT molecular complexity index is 591. The lowest BCUT2D eigenvalue weighted by Crippen LogP contribution is -1.97. The Kier molecular flexibility index (Phi) is 2.71. The number of nitrogen functional groups attached to an aromatic ring is 1. The van der Waals surface area contributed by atoms with Crippen LogP contribution in [0.2, 0.25) is 0 Å². The SMILES string of the molecule is Cc1nc(Nc2cc(C#N)ccc2C)c(N)[nH]1. The summed E-state index contributed by atoms with van der Waals surface area (Å²) in [6, 6.07) is 7.54. The molecule has 0 saturated heterocycles. The van der Waals surface area contributed by atoms with E-state index in [1.807, 2.05) is 19.9 Å². The van der Waals surface area contributed by atoms with Crippen LogP contribution in [0.3, 0.4) is 0 Å². The fourth-order valence-corrected chi connectivity index (χ4v) is 1.56. The lowest BCUT2D eigenvalue weighted by Gasteiger charge is -2.07. The van der Waals surface area contributed by atoms with Gasteiger partial charge in [0.1, 0.15) is 11.6 Å². The average molecular weight is 227 g/mol. The van der Waals surface area contributed by atoms with Crippen molar-refractivity contribution < 1.29 is 0 Å². The molecule has 5 nitrogen and oxygen atoms in total. The zero-order chi connectivity index (χ0) is 12.4. The molecule has 0 radical (unpaired) electrons. The number of benzene rings is 1. The molecule has 86 valence electrons. The Morgan fingerprint density at radius 3 is 2.76 bits per heavy atom. The lowest BCUT2D eigenvalue weighted by molar-refractivity contribution is 1.15. The van der Waals surface area contributed by atoms with Crippen LogP contribution in [0.1, 0.15) is 17.0 Å². The van der Waals surface area contributed by atoms with Gasteiger partial charge >= 0.3 is 0 Å². The van der Waals surface area contributed by atoms with Crippen LogP contribution in [0.15, 0.2) is 18.2 Å². The summed E-state index contributed by atoms with van der Waals surface area (Å²) in [5, 5.41) is 12.0. The molecular formula is C12H13N5. The van der Waals surface area contributed by atoms with Crippen molar-refractivity contribution in [3.8, 4) is 6.07 Å². The van der Waals surface area contributed by atoms with Crippen LogP contribution in [0, 0.1) is 25.2 Å². The fraction of sp³-hybridized carbons (Fsp3) is 0.167. The molecule has 0 amide bonds. The summed E-state index contributed by atoms with van der Waals surface area (Å²) in [7, 11) is 0. The second-order valence-corrected chi connectivity index (χ2v) is 3.85. The Labute approximate surface area is 99.3 Å². The van der Waals surface area contributed by atoms with Crippen LogP contribution >= 0.6 is 0 Å². The van der Waals surface area contributed by atoms with Crippen molar-refractivity contribution in [2.24, 2.45) is 0 Å². The van der Waals surface area contributed by atoms with Crippen molar-refractivity contribution in [3.63, 3.8) is 0 Å². The molecule has 2 rings (SSSR count). The number of aromatic nitrogens is 2. The number of nitrogens with one attached hydrogen (secondary N) is 2. The van der Waals surface area contributed by atoms with E-state index < -0.39 is 0 Å².